The molecule has 0 aliphatic rings. The summed E-state index contributed by atoms with van der Waals surface area (Å²) in [6.45, 7) is 31.8. The van der Waals surface area contributed by atoms with Crippen molar-refractivity contribution in [3.63, 3.8) is 0 Å². The van der Waals surface area contributed by atoms with Gasteiger partial charge < -0.3 is 14.2 Å². The molecule has 0 aliphatic carbocycles. The second kappa shape index (κ2) is 15.7. The Morgan fingerprint density at radius 2 is 0.569 bits per heavy atom. The number of hydrogen-bond acceptors (Lipinski definition) is 3. The molecule has 0 atom stereocenters. The molecular formula is C62H66N2O. The molecule has 330 valence electrons. The number of anilines is 6. The van der Waals surface area contributed by atoms with Crippen molar-refractivity contribution >= 4 is 77.6 Å². The van der Waals surface area contributed by atoms with Gasteiger partial charge in [0.05, 0.1) is 0 Å². The molecule has 9 rings (SSSR count). The zero-order valence-corrected chi connectivity index (χ0v) is 41.2. The molecule has 0 saturated carbocycles. The summed E-state index contributed by atoms with van der Waals surface area (Å²) in [5.74, 6) is 0. The third-order valence-corrected chi connectivity index (χ3v) is 13.7. The molecule has 65 heavy (non-hydrogen) atoms. The van der Waals surface area contributed by atoms with Crippen LogP contribution in [0, 0.1) is 13.8 Å². The van der Waals surface area contributed by atoms with Crippen LogP contribution in [0.1, 0.15) is 116 Å². The number of furan rings is 1. The van der Waals surface area contributed by atoms with Crippen molar-refractivity contribution in [2.75, 3.05) is 9.80 Å². The number of rotatable bonds is 6. The van der Waals surface area contributed by atoms with E-state index >= 15 is 0 Å². The molecule has 0 aliphatic heterocycles. The van der Waals surface area contributed by atoms with E-state index in [0.717, 1.165) is 56.1 Å². The van der Waals surface area contributed by atoms with Gasteiger partial charge >= 0.3 is 0 Å². The van der Waals surface area contributed by atoms with Crippen molar-refractivity contribution in [1.29, 1.82) is 0 Å². The number of hydrogen-bond donors (Lipinski definition) is 0. The average molecular weight is 855 g/mol. The van der Waals surface area contributed by atoms with Gasteiger partial charge in [-0.2, -0.15) is 0 Å². The molecular weight excluding hydrogens is 789 g/mol. The molecule has 1 aromatic heterocycles. The summed E-state index contributed by atoms with van der Waals surface area (Å²) in [6.07, 6.45) is 0. The van der Waals surface area contributed by atoms with Crippen LogP contribution >= 0.6 is 0 Å². The fourth-order valence-corrected chi connectivity index (χ4v) is 9.47. The second-order valence-electron chi connectivity index (χ2n) is 22.5. The zero-order valence-electron chi connectivity index (χ0n) is 41.2. The van der Waals surface area contributed by atoms with Gasteiger partial charge in [-0.05, 0) is 175 Å². The van der Waals surface area contributed by atoms with Crippen LogP contribution in [-0.4, -0.2) is 0 Å². The van der Waals surface area contributed by atoms with Gasteiger partial charge in [-0.3, -0.25) is 0 Å². The summed E-state index contributed by atoms with van der Waals surface area (Å²) in [4.78, 5) is 4.81. The highest BCUT2D eigenvalue weighted by molar-refractivity contribution is 6.15. The van der Waals surface area contributed by atoms with Crippen LogP contribution in [0.3, 0.4) is 0 Å². The maximum Gasteiger partial charge on any atom is 0.136 e. The minimum atomic E-state index is 0.0690. The van der Waals surface area contributed by atoms with E-state index in [4.69, 9.17) is 4.42 Å². The maximum atomic E-state index is 6.87. The molecule has 0 amide bonds. The van der Waals surface area contributed by atoms with Crippen molar-refractivity contribution < 1.29 is 4.42 Å². The molecule has 0 bridgehead atoms. The monoisotopic (exact) mass is 855 g/mol. The van der Waals surface area contributed by atoms with E-state index in [1.807, 2.05) is 0 Å². The summed E-state index contributed by atoms with van der Waals surface area (Å²) in [5, 5.41) is 7.04. The Bertz CT molecular complexity index is 2880. The lowest BCUT2D eigenvalue weighted by Gasteiger charge is -2.29. The van der Waals surface area contributed by atoms with Crippen LogP contribution in [-0.2, 0) is 21.7 Å². The normalized spacial score (nSPS) is 12.8. The van der Waals surface area contributed by atoms with Crippen LogP contribution in [0.4, 0.5) is 34.1 Å². The molecule has 9 aromatic rings. The summed E-state index contributed by atoms with van der Waals surface area (Å²) in [6, 6.07) is 54.7. The fourth-order valence-electron chi connectivity index (χ4n) is 9.47. The van der Waals surface area contributed by atoms with Gasteiger partial charge in [0, 0.05) is 44.9 Å². The Morgan fingerprint density at radius 1 is 0.308 bits per heavy atom. The first-order chi connectivity index (χ1) is 30.6. The maximum absolute atomic E-state index is 6.87. The Hall–Kier alpha value is -6.32. The minimum absolute atomic E-state index is 0.0690. The molecule has 8 aromatic carbocycles. The molecule has 3 heteroatoms. The first-order valence-electron chi connectivity index (χ1n) is 23.4. The molecule has 0 saturated heterocycles. The van der Waals surface area contributed by atoms with E-state index in [2.05, 4.69) is 252 Å². The highest BCUT2D eigenvalue weighted by Crippen LogP contribution is 2.45. The number of aryl methyl sites for hydroxylation is 2. The second-order valence-corrected chi connectivity index (χ2v) is 22.5. The summed E-state index contributed by atoms with van der Waals surface area (Å²) in [5.41, 5.74) is 16.6. The third-order valence-electron chi connectivity index (χ3n) is 13.7. The van der Waals surface area contributed by atoms with Gasteiger partial charge in [0.15, 0.2) is 0 Å². The van der Waals surface area contributed by atoms with Crippen molar-refractivity contribution in [3.05, 3.63) is 179 Å². The lowest BCUT2D eigenvalue weighted by atomic mass is 9.86. The van der Waals surface area contributed by atoms with Crippen LogP contribution in [0.5, 0.6) is 0 Å². The summed E-state index contributed by atoms with van der Waals surface area (Å²) in [7, 11) is 0. The highest BCUT2D eigenvalue weighted by Gasteiger charge is 2.24. The summed E-state index contributed by atoms with van der Waals surface area (Å²) < 4.78 is 6.87. The van der Waals surface area contributed by atoms with Gasteiger partial charge in [0.2, 0.25) is 0 Å². The Kier molecular flexibility index (Phi) is 10.6. The quantitative estimate of drug-likeness (QED) is 0.166. The molecule has 0 radical (unpaired) electrons. The first kappa shape index (κ1) is 43.9. The van der Waals surface area contributed by atoms with Crippen molar-refractivity contribution in [1.82, 2.24) is 0 Å². The van der Waals surface area contributed by atoms with E-state index in [1.165, 1.54) is 54.9 Å². The minimum Gasteiger partial charge on any atom is -0.456 e. The number of benzene rings is 8. The molecule has 1 heterocycles. The van der Waals surface area contributed by atoms with Gasteiger partial charge in [-0.15, -0.1) is 0 Å². The van der Waals surface area contributed by atoms with Gasteiger partial charge in [-0.25, -0.2) is 0 Å². The van der Waals surface area contributed by atoms with Crippen LogP contribution in [0.25, 0.3) is 43.5 Å². The molecule has 3 nitrogen and oxygen atoms in total. The molecule has 0 spiro atoms. The van der Waals surface area contributed by atoms with Crippen LogP contribution in [0.2, 0.25) is 0 Å². The number of nitrogens with zero attached hydrogens (tertiary/aromatic N) is 2. The van der Waals surface area contributed by atoms with E-state index in [-0.39, 0.29) is 21.7 Å². The van der Waals surface area contributed by atoms with E-state index in [9.17, 15) is 0 Å². The lowest BCUT2D eigenvalue weighted by Crippen LogP contribution is -2.15. The Morgan fingerprint density at radius 3 is 0.815 bits per heavy atom. The van der Waals surface area contributed by atoms with Gasteiger partial charge in [0.1, 0.15) is 11.2 Å². The summed E-state index contributed by atoms with van der Waals surface area (Å²) >= 11 is 0. The third kappa shape index (κ3) is 8.20. The highest BCUT2D eigenvalue weighted by atomic mass is 16.3. The topological polar surface area (TPSA) is 19.6 Å². The van der Waals surface area contributed by atoms with Crippen LogP contribution < -0.4 is 9.80 Å². The predicted octanol–water partition coefficient (Wildman–Crippen LogP) is 18.6. The van der Waals surface area contributed by atoms with Crippen molar-refractivity contribution in [2.45, 2.75) is 119 Å². The molecule has 0 unspecified atom stereocenters. The van der Waals surface area contributed by atoms with Crippen LogP contribution in [0.15, 0.2) is 150 Å². The zero-order chi connectivity index (χ0) is 46.4. The van der Waals surface area contributed by atoms with E-state index in [0.29, 0.717) is 0 Å². The molecule has 0 N–H and O–H groups in total. The Balaban J connectivity index is 1.16. The van der Waals surface area contributed by atoms with Gasteiger partial charge in [0.25, 0.3) is 0 Å². The van der Waals surface area contributed by atoms with Gasteiger partial charge in [-0.1, -0.05) is 144 Å². The van der Waals surface area contributed by atoms with E-state index in [1.54, 1.807) is 0 Å². The Labute approximate surface area is 387 Å². The fraction of sp³-hybridized carbons (Fsp3) is 0.290. The first-order valence-corrected chi connectivity index (χ1v) is 23.4. The number of fused-ring (bicyclic) bond motifs is 5. The van der Waals surface area contributed by atoms with Crippen molar-refractivity contribution in [2.24, 2.45) is 0 Å². The SMILES string of the molecule is Cc1c(N(c2ccc(C(C)(C)C)cc2)c2ccc(C(C)(C)C)cc2)ccc2cc3c(cc12)oc1cc2c(C)c(N(c4ccc(C(C)(C)C)cc4)c4ccc(C(C)(C)C)cc4)ccc2cc13. The van der Waals surface area contributed by atoms with Crippen molar-refractivity contribution in [3.8, 4) is 0 Å². The lowest BCUT2D eigenvalue weighted by molar-refractivity contribution is 0.590. The predicted molar refractivity (Wildman–Crippen MR) is 282 cm³/mol. The molecule has 0 fully saturated rings. The standard InChI is InChI=1S/C62H66N2O/c1-39-51-37-57-53(35-41(51)15-33-55(39)63(47-25-17-43(18-26-47)59(3,4)5)48-27-19-44(20-28-48)60(6,7)8)54-36-42-16-34-56(40(2)52(42)38-58(54)65-57)64(49-29-21-45(22-30-49)61(9,10)11)50-31-23-46(24-32-50)62(12,13)14/h15-38H,1-14H3. The average Bonchev–Trinajstić information content (AvgIpc) is 3.60. The van der Waals surface area contributed by atoms with E-state index < -0.39 is 0 Å². The largest absolute Gasteiger partial charge is 0.456 e. The smallest absolute Gasteiger partial charge is 0.136 e.